The summed E-state index contributed by atoms with van der Waals surface area (Å²) < 4.78 is 0. The van der Waals surface area contributed by atoms with Gasteiger partial charge in [-0.3, -0.25) is 4.79 Å². The van der Waals surface area contributed by atoms with Gasteiger partial charge in [-0.2, -0.15) is 0 Å². The number of aromatic amines is 1. The Morgan fingerprint density at radius 2 is 2.05 bits per heavy atom. The molecule has 0 saturated heterocycles. The number of hydrogen-bond donors (Lipinski definition) is 2. The number of para-hydroxylation sites is 1. The van der Waals surface area contributed by atoms with Gasteiger partial charge in [0.05, 0.1) is 17.4 Å². The van der Waals surface area contributed by atoms with Crippen molar-refractivity contribution in [1.29, 1.82) is 0 Å². The third-order valence-electron chi connectivity index (χ3n) is 4.87. The Balaban J connectivity index is 1.69. The highest BCUT2D eigenvalue weighted by atomic mass is 16.1. The number of aromatic nitrogens is 2. The fraction of sp³-hybridized carbons (Fsp3) is 0.529. The molecule has 112 valence electrons. The molecule has 0 amide bonds. The van der Waals surface area contributed by atoms with E-state index < -0.39 is 0 Å². The van der Waals surface area contributed by atoms with Gasteiger partial charge in [0.1, 0.15) is 5.82 Å². The van der Waals surface area contributed by atoms with Gasteiger partial charge < -0.3 is 10.3 Å². The lowest BCUT2D eigenvalue weighted by atomic mass is 9.83. The molecule has 4 nitrogen and oxygen atoms in total. The van der Waals surface area contributed by atoms with Crippen LogP contribution >= 0.6 is 0 Å². The molecule has 1 aliphatic rings. The highest BCUT2D eigenvalue weighted by molar-refractivity contribution is 5.77. The van der Waals surface area contributed by atoms with Crippen molar-refractivity contribution >= 4 is 10.9 Å². The predicted octanol–water partition coefficient (Wildman–Crippen LogP) is 2.98. The molecule has 0 radical (unpaired) electrons. The number of H-pyrrole nitrogens is 1. The van der Waals surface area contributed by atoms with E-state index in [9.17, 15) is 4.79 Å². The molecular weight excluding hydrogens is 262 g/mol. The lowest BCUT2D eigenvalue weighted by molar-refractivity contribution is 0.267. The van der Waals surface area contributed by atoms with Crippen molar-refractivity contribution in [1.82, 2.24) is 15.3 Å². The van der Waals surface area contributed by atoms with E-state index in [-0.39, 0.29) is 5.56 Å². The standard InChI is InChI=1S/C17H23N3O/c1-2-17(9-5-6-10-17)12-18-11-15-19-14-8-4-3-7-13(14)16(21)20-15/h3-4,7-8,18H,2,5-6,9-12H2,1H3,(H,19,20,21). The number of rotatable bonds is 5. The van der Waals surface area contributed by atoms with Gasteiger partial charge >= 0.3 is 0 Å². The predicted molar refractivity (Wildman–Crippen MR) is 85.3 cm³/mol. The van der Waals surface area contributed by atoms with Crippen LogP contribution in [0.25, 0.3) is 10.9 Å². The van der Waals surface area contributed by atoms with Gasteiger partial charge in [0, 0.05) is 6.54 Å². The first kappa shape index (κ1) is 14.3. The number of benzene rings is 1. The van der Waals surface area contributed by atoms with Crippen LogP contribution in [0.5, 0.6) is 0 Å². The molecule has 0 atom stereocenters. The first-order chi connectivity index (χ1) is 10.2. The highest BCUT2D eigenvalue weighted by Crippen LogP contribution is 2.40. The molecule has 0 aliphatic heterocycles. The Labute approximate surface area is 125 Å². The van der Waals surface area contributed by atoms with E-state index in [1.165, 1.54) is 32.1 Å². The summed E-state index contributed by atoms with van der Waals surface area (Å²) >= 11 is 0. The molecule has 1 aromatic heterocycles. The van der Waals surface area contributed by atoms with E-state index in [1.807, 2.05) is 24.3 Å². The molecule has 0 spiro atoms. The van der Waals surface area contributed by atoms with Crippen LogP contribution in [0.1, 0.15) is 44.9 Å². The van der Waals surface area contributed by atoms with E-state index in [2.05, 4.69) is 22.2 Å². The van der Waals surface area contributed by atoms with Crippen molar-refractivity contribution < 1.29 is 0 Å². The number of nitrogens with zero attached hydrogens (tertiary/aromatic N) is 1. The molecule has 4 heteroatoms. The maximum atomic E-state index is 12.0. The Morgan fingerprint density at radius 1 is 1.29 bits per heavy atom. The molecule has 2 N–H and O–H groups in total. The Kier molecular flexibility index (Phi) is 4.06. The second-order valence-corrected chi connectivity index (χ2v) is 6.19. The van der Waals surface area contributed by atoms with Gasteiger partial charge in [0.2, 0.25) is 0 Å². The Hall–Kier alpha value is -1.68. The van der Waals surface area contributed by atoms with Crippen LogP contribution in [-0.2, 0) is 6.54 Å². The first-order valence-corrected chi connectivity index (χ1v) is 7.91. The Bertz CT molecular complexity index is 671. The van der Waals surface area contributed by atoms with Crippen molar-refractivity contribution in [2.75, 3.05) is 6.54 Å². The van der Waals surface area contributed by atoms with Crippen molar-refractivity contribution in [3.05, 3.63) is 40.4 Å². The summed E-state index contributed by atoms with van der Waals surface area (Å²) in [7, 11) is 0. The van der Waals surface area contributed by atoms with Crippen LogP contribution in [0.15, 0.2) is 29.1 Å². The minimum Gasteiger partial charge on any atom is -0.309 e. The summed E-state index contributed by atoms with van der Waals surface area (Å²) in [4.78, 5) is 19.4. The van der Waals surface area contributed by atoms with Crippen LogP contribution in [0.2, 0.25) is 0 Å². The van der Waals surface area contributed by atoms with E-state index in [1.54, 1.807) is 0 Å². The summed E-state index contributed by atoms with van der Waals surface area (Å²) in [5.74, 6) is 0.725. The molecule has 1 aliphatic carbocycles. The lowest BCUT2D eigenvalue weighted by Gasteiger charge is -2.27. The molecule has 0 bridgehead atoms. The van der Waals surface area contributed by atoms with Crippen molar-refractivity contribution in [2.24, 2.45) is 5.41 Å². The van der Waals surface area contributed by atoms with Gasteiger partial charge in [-0.15, -0.1) is 0 Å². The SMILES string of the molecule is CCC1(CNCc2nc3ccccc3c(=O)[nH]2)CCCC1. The van der Waals surface area contributed by atoms with Crippen molar-refractivity contribution in [3.63, 3.8) is 0 Å². The van der Waals surface area contributed by atoms with E-state index in [0.717, 1.165) is 17.9 Å². The molecule has 0 unspecified atom stereocenters. The fourth-order valence-corrected chi connectivity index (χ4v) is 3.44. The first-order valence-electron chi connectivity index (χ1n) is 7.91. The van der Waals surface area contributed by atoms with Gasteiger partial charge in [-0.25, -0.2) is 4.98 Å². The van der Waals surface area contributed by atoms with Crippen LogP contribution in [0.3, 0.4) is 0 Å². The second kappa shape index (κ2) is 5.98. The number of nitrogens with one attached hydrogen (secondary N) is 2. The topological polar surface area (TPSA) is 57.8 Å². The molecule has 1 fully saturated rings. The zero-order chi connectivity index (χ0) is 14.7. The normalized spacial score (nSPS) is 17.4. The minimum absolute atomic E-state index is 0.0523. The van der Waals surface area contributed by atoms with Gasteiger partial charge in [0.15, 0.2) is 0 Å². The van der Waals surface area contributed by atoms with Crippen molar-refractivity contribution in [2.45, 2.75) is 45.6 Å². The van der Waals surface area contributed by atoms with Crippen LogP contribution in [0, 0.1) is 5.41 Å². The van der Waals surface area contributed by atoms with Gasteiger partial charge in [-0.05, 0) is 36.8 Å². The third-order valence-corrected chi connectivity index (χ3v) is 4.87. The van der Waals surface area contributed by atoms with Crippen LogP contribution in [0.4, 0.5) is 0 Å². The van der Waals surface area contributed by atoms with E-state index >= 15 is 0 Å². The maximum absolute atomic E-state index is 12.0. The molecular formula is C17H23N3O. The quantitative estimate of drug-likeness (QED) is 0.888. The van der Waals surface area contributed by atoms with E-state index in [0.29, 0.717) is 17.3 Å². The smallest absolute Gasteiger partial charge is 0.258 e. The minimum atomic E-state index is -0.0523. The largest absolute Gasteiger partial charge is 0.309 e. The zero-order valence-corrected chi connectivity index (χ0v) is 12.6. The number of fused-ring (bicyclic) bond motifs is 1. The summed E-state index contributed by atoms with van der Waals surface area (Å²) in [5, 5.41) is 4.15. The Morgan fingerprint density at radius 3 is 2.81 bits per heavy atom. The van der Waals surface area contributed by atoms with E-state index in [4.69, 9.17) is 0 Å². The fourth-order valence-electron chi connectivity index (χ4n) is 3.44. The molecule has 3 rings (SSSR count). The maximum Gasteiger partial charge on any atom is 0.258 e. The van der Waals surface area contributed by atoms with Gasteiger partial charge in [-0.1, -0.05) is 31.9 Å². The van der Waals surface area contributed by atoms with Crippen molar-refractivity contribution in [3.8, 4) is 0 Å². The molecule has 2 aromatic rings. The monoisotopic (exact) mass is 285 g/mol. The lowest BCUT2D eigenvalue weighted by Crippen LogP contribution is -2.32. The third kappa shape index (κ3) is 3.00. The summed E-state index contributed by atoms with van der Waals surface area (Å²) in [5.41, 5.74) is 1.17. The molecule has 1 aromatic carbocycles. The molecule has 1 heterocycles. The number of hydrogen-bond acceptors (Lipinski definition) is 3. The zero-order valence-electron chi connectivity index (χ0n) is 12.6. The van der Waals surface area contributed by atoms with Gasteiger partial charge in [0.25, 0.3) is 5.56 Å². The summed E-state index contributed by atoms with van der Waals surface area (Å²) in [6.45, 7) is 3.92. The highest BCUT2D eigenvalue weighted by Gasteiger charge is 2.31. The average molecular weight is 285 g/mol. The van der Waals surface area contributed by atoms with Crippen LogP contribution < -0.4 is 10.9 Å². The summed E-state index contributed by atoms with van der Waals surface area (Å²) in [6, 6.07) is 7.47. The molecule has 21 heavy (non-hydrogen) atoms. The second-order valence-electron chi connectivity index (χ2n) is 6.19. The van der Waals surface area contributed by atoms with Crippen LogP contribution in [-0.4, -0.2) is 16.5 Å². The summed E-state index contributed by atoms with van der Waals surface area (Å²) in [6.07, 6.45) is 6.55. The molecule has 1 saturated carbocycles. The average Bonchev–Trinajstić information content (AvgIpc) is 2.97.